The van der Waals surface area contributed by atoms with Crippen molar-refractivity contribution in [3.05, 3.63) is 40.2 Å². The molecule has 0 spiro atoms. The summed E-state index contributed by atoms with van der Waals surface area (Å²) in [5.74, 6) is 0.655. The van der Waals surface area contributed by atoms with E-state index in [1.807, 2.05) is 25.1 Å². The molecule has 0 aliphatic rings. The lowest BCUT2D eigenvalue weighted by Crippen LogP contribution is -2.18. The molecule has 0 bridgehead atoms. The maximum atomic E-state index is 5.54. The fourth-order valence-corrected chi connectivity index (χ4v) is 2.11. The van der Waals surface area contributed by atoms with Gasteiger partial charge in [-0.1, -0.05) is 22.0 Å². The van der Waals surface area contributed by atoms with Crippen LogP contribution in [0.3, 0.4) is 0 Å². The lowest BCUT2D eigenvalue weighted by Gasteiger charge is -2.03. The van der Waals surface area contributed by atoms with Crippen LogP contribution in [0.4, 0.5) is 0 Å². The molecule has 0 aliphatic heterocycles. The first-order chi connectivity index (χ1) is 9.22. The SMILES string of the molecule is COCCNCc1coc(-c2cccc(Br)c2C)n1. The molecular formula is C14H17BrN2O2. The van der Waals surface area contributed by atoms with Crippen molar-refractivity contribution in [3.8, 4) is 11.5 Å². The second kappa shape index (κ2) is 6.84. The molecular weight excluding hydrogens is 308 g/mol. The van der Waals surface area contributed by atoms with E-state index in [2.05, 4.69) is 26.2 Å². The minimum Gasteiger partial charge on any atom is -0.444 e. The number of halogens is 1. The zero-order chi connectivity index (χ0) is 13.7. The summed E-state index contributed by atoms with van der Waals surface area (Å²) in [6.45, 7) is 4.21. The average molecular weight is 325 g/mol. The molecule has 102 valence electrons. The Kier molecular flexibility index (Phi) is 5.13. The van der Waals surface area contributed by atoms with Gasteiger partial charge in [-0.25, -0.2) is 4.98 Å². The maximum Gasteiger partial charge on any atom is 0.226 e. The van der Waals surface area contributed by atoms with Crippen LogP contribution in [-0.2, 0) is 11.3 Å². The molecule has 0 saturated heterocycles. The third-order valence-electron chi connectivity index (χ3n) is 2.84. The van der Waals surface area contributed by atoms with Gasteiger partial charge in [0.2, 0.25) is 5.89 Å². The van der Waals surface area contributed by atoms with E-state index < -0.39 is 0 Å². The highest BCUT2D eigenvalue weighted by atomic mass is 79.9. The molecule has 1 N–H and O–H groups in total. The van der Waals surface area contributed by atoms with Crippen LogP contribution in [0.25, 0.3) is 11.5 Å². The monoisotopic (exact) mass is 324 g/mol. The Morgan fingerprint density at radius 3 is 3.05 bits per heavy atom. The topological polar surface area (TPSA) is 47.3 Å². The zero-order valence-electron chi connectivity index (χ0n) is 11.1. The van der Waals surface area contributed by atoms with Crippen molar-refractivity contribution in [1.29, 1.82) is 0 Å². The minimum atomic E-state index is 0.655. The highest BCUT2D eigenvalue weighted by molar-refractivity contribution is 9.10. The molecule has 1 aromatic heterocycles. The summed E-state index contributed by atoms with van der Waals surface area (Å²) in [7, 11) is 1.69. The predicted octanol–water partition coefficient (Wildman–Crippen LogP) is 3.15. The molecule has 0 saturated carbocycles. The summed E-state index contributed by atoms with van der Waals surface area (Å²) >= 11 is 3.51. The second-order valence-corrected chi connectivity index (χ2v) is 5.08. The van der Waals surface area contributed by atoms with Gasteiger partial charge in [0.1, 0.15) is 6.26 Å². The van der Waals surface area contributed by atoms with Crippen molar-refractivity contribution in [2.24, 2.45) is 0 Å². The van der Waals surface area contributed by atoms with Crippen molar-refractivity contribution in [2.75, 3.05) is 20.3 Å². The molecule has 2 aromatic rings. The van der Waals surface area contributed by atoms with Crippen LogP contribution in [0.2, 0.25) is 0 Å². The normalized spacial score (nSPS) is 10.9. The number of rotatable bonds is 6. The minimum absolute atomic E-state index is 0.655. The summed E-state index contributed by atoms with van der Waals surface area (Å²) in [6, 6.07) is 6.00. The van der Waals surface area contributed by atoms with Gasteiger partial charge >= 0.3 is 0 Å². The van der Waals surface area contributed by atoms with Gasteiger partial charge in [0.25, 0.3) is 0 Å². The molecule has 0 amide bonds. The van der Waals surface area contributed by atoms with E-state index in [-0.39, 0.29) is 0 Å². The van der Waals surface area contributed by atoms with E-state index in [4.69, 9.17) is 9.15 Å². The number of oxazole rings is 1. The summed E-state index contributed by atoms with van der Waals surface area (Å²) in [5, 5.41) is 3.24. The van der Waals surface area contributed by atoms with Crippen LogP contribution in [0.1, 0.15) is 11.3 Å². The molecule has 0 radical (unpaired) electrons. The number of aromatic nitrogens is 1. The van der Waals surface area contributed by atoms with Crippen molar-refractivity contribution in [1.82, 2.24) is 10.3 Å². The Balaban J connectivity index is 2.06. The number of methoxy groups -OCH3 is 1. The van der Waals surface area contributed by atoms with Gasteiger partial charge in [-0.2, -0.15) is 0 Å². The van der Waals surface area contributed by atoms with Gasteiger partial charge in [-0.05, 0) is 24.6 Å². The first-order valence-corrected chi connectivity index (χ1v) is 6.91. The van der Waals surface area contributed by atoms with Gasteiger partial charge in [-0.15, -0.1) is 0 Å². The van der Waals surface area contributed by atoms with Gasteiger partial charge in [0.05, 0.1) is 12.3 Å². The molecule has 19 heavy (non-hydrogen) atoms. The summed E-state index contributed by atoms with van der Waals surface area (Å²) in [4.78, 5) is 4.49. The van der Waals surface area contributed by atoms with Crippen LogP contribution in [-0.4, -0.2) is 25.2 Å². The molecule has 0 aliphatic carbocycles. The number of benzene rings is 1. The van der Waals surface area contributed by atoms with Crippen molar-refractivity contribution < 1.29 is 9.15 Å². The molecule has 0 fully saturated rings. The number of nitrogens with zero attached hydrogens (tertiary/aromatic N) is 1. The van der Waals surface area contributed by atoms with Crippen molar-refractivity contribution >= 4 is 15.9 Å². The number of nitrogens with one attached hydrogen (secondary N) is 1. The highest BCUT2D eigenvalue weighted by Gasteiger charge is 2.10. The summed E-state index contributed by atoms with van der Waals surface area (Å²) in [5.41, 5.74) is 3.03. The van der Waals surface area contributed by atoms with E-state index in [0.717, 1.165) is 27.8 Å². The van der Waals surface area contributed by atoms with Gasteiger partial charge in [-0.3, -0.25) is 0 Å². The van der Waals surface area contributed by atoms with Crippen molar-refractivity contribution in [2.45, 2.75) is 13.5 Å². The Morgan fingerprint density at radius 1 is 1.42 bits per heavy atom. The molecule has 5 heteroatoms. The van der Waals surface area contributed by atoms with E-state index in [1.165, 1.54) is 0 Å². The Bertz CT molecular complexity index is 540. The molecule has 1 heterocycles. The smallest absolute Gasteiger partial charge is 0.226 e. The fourth-order valence-electron chi connectivity index (χ4n) is 1.74. The largest absolute Gasteiger partial charge is 0.444 e. The Morgan fingerprint density at radius 2 is 2.26 bits per heavy atom. The van der Waals surface area contributed by atoms with Gasteiger partial charge in [0, 0.05) is 30.2 Å². The lowest BCUT2D eigenvalue weighted by molar-refractivity contribution is 0.199. The van der Waals surface area contributed by atoms with E-state index >= 15 is 0 Å². The maximum absolute atomic E-state index is 5.54. The van der Waals surface area contributed by atoms with Gasteiger partial charge < -0.3 is 14.5 Å². The van der Waals surface area contributed by atoms with Crippen LogP contribution in [0, 0.1) is 6.92 Å². The van der Waals surface area contributed by atoms with Crippen LogP contribution >= 0.6 is 15.9 Å². The quantitative estimate of drug-likeness (QED) is 0.829. The lowest BCUT2D eigenvalue weighted by atomic mass is 10.1. The standard InChI is InChI=1S/C14H17BrN2O2/c1-10-12(4-3-5-13(10)15)14-17-11(9-19-14)8-16-6-7-18-2/h3-5,9,16H,6-8H2,1-2H3. The third kappa shape index (κ3) is 3.65. The highest BCUT2D eigenvalue weighted by Crippen LogP contribution is 2.27. The van der Waals surface area contributed by atoms with E-state index in [1.54, 1.807) is 13.4 Å². The molecule has 1 aromatic carbocycles. The second-order valence-electron chi connectivity index (χ2n) is 4.23. The van der Waals surface area contributed by atoms with E-state index in [0.29, 0.717) is 19.0 Å². The van der Waals surface area contributed by atoms with Crippen molar-refractivity contribution in [3.63, 3.8) is 0 Å². The van der Waals surface area contributed by atoms with Crippen LogP contribution < -0.4 is 5.32 Å². The Labute approximate surface area is 121 Å². The third-order valence-corrected chi connectivity index (χ3v) is 3.70. The average Bonchev–Trinajstić information content (AvgIpc) is 2.87. The molecule has 0 atom stereocenters. The van der Waals surface area contributed by atoms with Gasteiger partial charge in [0.15, 0.2) is 0 Å². The first kappa shape index (κ1) is 14.2. The van der Waals surface area contributed by atoms with Crippen LogP contribution in [0.15, 0.2) is 33.4 Å². The van der Waals surface area contributed by atoms with Crippen LogP contribution in [0.5, 0.6) is 0 Å². The summed E-state index contributed by atoms with van der Waals surface area (Å²) < 4.78 is 11.6. The predicted molar refractivity (Wildman–Crippen MR) is 78.0 cm³/mol. The molecule has 0 unspecified atom stereocenters. The van der Waals surface area contributed by atoms with E-state index in [9.17, 15) is 0 Å². The first-order valence-electron chi connectivity index (χ1n) is 6.12. The number of hydrogen-bond donors (Lipinski definition) is 1. The summed E-state index contributed by atoms with van der Waals surface area (Å²) in [6.07, 6.45) is 1.69. The molecule has 2 rings (SSSR count). The number of ether oxygens (including phenoxy) is 1. The Hall–Kier alpha value is -1.17. The molecule has 4 nitrogen and oxygen atoms in total. The zero-order valence-corrected chi connectivity index (χ0v) is 12.7. The fraction of sp³-hybridized carbons (Fsp3) is 0.357. The number of hydrogen-bond acceptors (Lipinski definition) is 4.